The Bertz CT molecular complexity index is 1070. The van der Waals surface area contributed by atoms with Gasteiger partial charge < -0.3 is 25.6 Å². The van der Waals surface area contributed by atoms with Gasteiger partial charge in [0.15, 0.2) is 12.7 Å². The summed E-state index contributed by atoms with van der Waals surface area (Å²) in [4.78, 5) is 24.9. The van der Waals surface area contributed by atoms with E-state index in [1.54, 1.807) is 0 Å². The lowest BCUT2D eigenvalue weighted by Crippen LogP contribution is -2.68. The molecule has 0 spiro atoms. The highest BCUT2D eigenvalue weighted by Gasteiger charge is 2.59. The lowest BCUT2D eigenvalue weighted by molar-refractivity contribution is -0.155. The standard InChI is InChI=1S/C24H25ClF2N2O5/c25-17-6-5-16(11-18(17)27)34-21(22(28)32)23-7-9-24(10-8-23,19(30)12-23)29-20(31)13-33-15-3-1-14(26)2-4-15/h1-6,11,19,21,30H,7-10,12-13H2,(H2,28,32)(H,29,31)/t19-,21?,23?,24?/m0/s1. The second-order valence-corrected chi connectivity index (χ2v) is 9.41. The van der Waals surface area contributed by atoms with E-state index in [4.69, 9.17) is 26.8 Å². The van der Waals surface area contributed by atoms with Crippen LogP contribution in [0, 0.1) is 17.0 Å². The molecule has 0 aliphatic heterocycles. The zero-order valence-electron chi connectivity index (χ0n) is 18.2. The van der Waals surface area contributed by atoms with Crippen LogP contribution in [0.3, 0.4) is 0 Å². The molecule has 3 fully saturated rings. The summed E-state index contributed by atoms with van der Waals surface area (Å²) in [5.41, 5.74) is 4.04. The number of hydrogen-bond acceptors (Lipinski definition) is 5. The second kappa shape index (κ2) is 9.38. The first-order valence-electron chi connectivity index (χ1n) is 10.9. The molecule has 0 heterocycles. The van der Waals surface area contributed by atoms with Crippen molar-refractivity contribution in [1.82, 2.24) is 5.32 Å². The maximum Gasteiger partial charge on any atom is 0.259 e. The molecule has 182 valence electrons. The quantitative estimate of drug-likeness (QED) is 0.522. The third-order valence-corrected chi connectivity index (χ3v) is 7.21. The lowest BCUT2D eigenvalue weighted by Gasteiger charge is -2.57. The van der Waals surface area contributed by atoms with Gasteiger partial charge in [-0.3, -0.25) is 9.59 Å². The summed E-state index contributed by atoms with van der Waals surface area (Å²) in [6.45, 7) is -0.291. The van der Waals surface area contributed by atoms with Gasteiger partial charge in [-0.2, -0.15) is 0 Å². The maximum absolute atomic E-state index is 13.8. The Hall–Kier alpha value is -2.91. The summed E-state index contributed by atoms with van der Waals surface area (Å²) in [6.07, 6.45) is -0.122. The van der Waals surface area contributed by atoms with Crippen molar-refractivity contribution >= 4 is 23.4 Å². The minimum absolute atomic E-state index is 0.0733. The van der Waals surface area contributed by atoms with Crippen LogP contribution in [0.25, 0.3) is 0 Å². The third-order valence-electron chi connectivity index (χ3n) is 6.91. The number of carbonyl (C=O) groups excluding carboxylic acids is 2. The number of fused-ring (bicyclic) bond motifs is 3. The molecule has 0 radical (unpaired) electrons. The first kappa shape index (κ1) is 24.2. The highest BCUT2D eigenvalue weighted by Crippen LogP contribution is 2.55. The highest BCUT2D eigenvalue weighted by molar-refractivity contribution is 6.30. The molecule has 2 amide bonds. The van der Waals surface area contributed by atoms with Gasteiger partial charge in [0.25, 0.3) is 11.8 Å². The molecule has 2 aromatic carbocycles. The highest BCUT2D eigenvalue weighted by atomic mass is 35.5. The smallest absolute Gasteiger partial charge is 0.259 e. The van der Waals surface area contributed by atoms with Gasteiger partial charge in [-0.15, -0.1) is 0 Å². The number of hydrogen-bond donors (Lipinski definition) is 3. The minimum Gasteiger partial charge on any atom is -0.484 e. The number of rotatable bonds is 8. The number of benzene rings is 2. The number of ether oxygens (including phenoxy) is 2. The Morgan fingerprint density at radius 3 is 2.35 bits per heavy atom. The predicted octanol–water partition coefficient (Wildman–Crippen LogP) is 3.11. The summed E-state index contributed by atoms with van der Waals surface area (Å²) in [7, 11) is 0. The van der Waals surface area contributed by atoms with E-state index >= 15 is 0 Å². The molecular formula is C24H25ClF2N2O5. The Morgan fingerprint density at radius 2 is 1.76 bits per heavy atom. The average molecular weight is 495 g/mol. The Labute approximate surface area is 200 Å². The van der Waals surface area contributed by atoms with Crippen molar-refractivity contribution in [3.05, 3.63) is 59.1 Å². The number of nitrogens with two attached hydrogens (primary N) is 1. The van der Waals surface area contributed by atoms with Crippen molar-refractivity contribution in [2.45, 2.75) is 49.9 Å². The topological polar surface area (TPSA) is 111 Å². The second-order valence-electron chi connectivity index (χ2n) is 9.01. The van der Waals surface area contributed by atoms with Crippen molar-refractivity contribution in [2.24, 2.45) is 11.1 Å². The molecule has 1 unspecified atom stereocenters. The van der Waals surface area contributed by atoms with Crippen LogP contribution in [0.2, 0.25) is 5.02 Å². The molecule has 3 saturated carbocycles. The summed E-state index contributed by atoms with van der Waals surface area (Å²) in [6, 6.07) is 9.16. The predicted molar refractivity (Wildman–Crippen MR) is 119 cm³/mol. The summed E-state index contributed by atoms with van der Waals surface area (Å²) < 4.78 is 38.1. The van der Waals surface area contributed by atoms with Crippen LogP contribution in [0.4, 0.5) is 8.78 Å². The molecule has 3 aliphatic rings. The van der Waals surface area contributed by atoms with Crippen LogP contribution in [-0.4, -0.2) is 41.3 Å². The van der Waals surface area contributed by atoms with Crippen LogP contribution in [0.5, 0.6) is 11.5 Å². The van der Waals surface area contributed by atoms with Crippen LogP contribution in [-0.2, 0) is 9.59 Å². The van der Waals surface area contributed by atoms with Crippen molar-refractivity contribution in [2.75, 3.05) is 6.61 Å². The van der Waals surface area contributed by atoms with Crippen molar-refractivity contribution in [3.63, 3.8) is 0 Å². The van der Waals surface area contributed by atoms with Gasteiger partial charge in [-0.1, -0.05) is 11.6 Å². The third kappa shape index (κ3) is 4.81. The number of nitrogens with one attached hydrogen (secondary N) is 1. The molecule has 4 N–H and O–H groups in total. The largest absolute Gasteiger partial charge is 0.484 e. The van der Waals surface area contributed by atoms with Crippen LogP contribution >= 0.6 is 11.6 Å². The molecule has 0 saturated heterocycles. The first-order valence-corrected chi connectivity index (χ1v) is 11.3. The maximum atomic E-state index is 13.8. The van der Waals surface area contributed by atoms with Crippen LogP contribution in [0.15, 0.2) is 42.5 Å². The van der Waals surface area contributed by atoms with Gasteiger partial charge in [0.05, 0.1) is 16.7 Å². The fraction of sp³-hybridized carbons (Fsp3) is 0.417. The van der Waals surface area contributed by atoms with Crippen molar-refractivity contribution in [3.8, 4) is 11.5 Å². The van der Waals surface area contributed by atoms with Gasteiger partial charge in [0.2, 0.25) is 0 Å². The SMILES string of the molecule is NC(=O)C(Oc1ccc(Cl)c(F)c1)C12CCC(NC(=O)COc3ccc(F)cc3)(CC1)[C@@H](O)C2. The number of aliphatic hydroxyl groups is 1. The molecule has 34 heavy (non-hydrogen) atoms. The normalized spacial score (nSPS) is 26.5. The van der Waals surface area contributed by atoms with E-state index in [0.717, 1.165) is 6.07 Å². The monoisotopic (exact) mass is 494 g/mol. The molecule has 3 aliphatic carbocycles. The molecule has 2 bridgehead atoms. The Kier molecular flexibility index (Phi) is 6.69. The van der Waals surface area contributed by atoms with E-state index in [9.17, 15) is 23.5 Å². The summed E-state index contributed by atoms with van der Waals surface area (Å²) >= 11 is 5.72. The molecule has 10 heteroatoms. The van der Waals surface area contributed by atoms with Gasteiger partial charge >= 0.3 is 0 Å². The van der Waals surface area contributed by atoms with Gasteiger partial charge in [0.1, 0.15) is 23.1 Å². The van der Waals surface area contributed by atoms with Crippen LogP contribution in [0.1, 0.15) is 32.1 Å². The van der Waals surface area contributed by atoms with E-state index in [-0.39, 0.29) is 23.8 Å². The van der Waals surface area contributed by atoms with E-state index in [0.29, 0.717) is 31.4 Å². The van der Waals surface area contributed by atoms with Crippen molar-refractivity contribution in [1.29, 1.82) is 0 Å². The molecular weight excluding hydrogens is 470 g/mol. The number of carbonyl (C=O) groups is 2. The van der Waals surface area contributed by atoms with Gasteiger partial charge in [-0.25, -0.2) is 8.78 Å². The lowest BCUT2D eigenvalue weighted by atomic mass is 9.53. The molecule has 7 nitrogen and oxygen atoms in total. The number of primary amides is 1. The number of halogens is 3. The zero-order valence-corrected chi connectivity index (χ0v) is 19.0. The fourth-order valence-electron chi connectivity index (χ4n) is 5.05. The molecule has 2 atom stereocenters. The van der Waals surface area contributed by atoms with Gasteiger partial charge in [0, 0.05) is 11.5 Å². The van der Waals surface area contributed by atoms with Crippen molar-refractivity contribution < 1.29 is 33.0 Å². The Balaban J connectivity index is 1.42. The van der Waals surface area contributed by atoms with Gasteiger partial charge in [-0.05, 0) is 68.5 Å². The zero-order chi connectivity index (χ0) is 24.5. The minimum atomic E-state index is -1.08. The van der Waals surface area contributed by atoms with E-state index < -0.39 is 46.6 Å². The molecule has 0 aromatic heterocycles. The van der Waals surface area contributed by atoms with Crippen LogP contribution < -0.4 is 20.5 Å². The first-order chi connectivity index (χ1) is 16.1. The van der Waals surface area contributed by atoms with E-state index in [2.05, 4.69) is 5.32 Å². The molecule has 2 aromatic rings. The molecule has 5 rings (SSSR count). The van der Waals surface area contributed by atoms with E-state index in [1.165, 1.54) is 36.4 Å². The summed E-state index contributed by atoms with van der Waals surface area (Å²) in [5, 5.41) is 13.8. The fourth-order valence-corrected chi connectivity index (χ4v) is 5.17. The number of aliphatic hydroxyl groups excluding tert-OH is 1. The average Bonchev–Trinajstić information content (AvgIpc) is 2.80. The Morgan fingerprint density at radius 1 is 1.12 bits per heavy atom. The number of amides is 2. The summed E-state index contributed by atoms with van der Waals surface area (Å²) in [5.74, 6) is -1.77. The van der Waals surface area contributed by atoms with E-state index in [1.807, 2.05) is 0 Å².